The van der Waals surface area contributed by atoms with Crippen molar-refractivity contribution in [1.82, 2.24) is 10.2 Å². The minimum atomic E-state index is -0.139. The molecule has 2 heterocycles. The highest BCUT2D eigenvalue weighted by molar-refractivity contribution is 7.99. The van der Waals surface area contributed by atoms with Crippen LogP contribution in [0.1, 0.15) is 47.4 Å². The highest BCUT2D eigenvalue weighted by Gasteiger charge is 2.22. The van der Waals surface area contributed by atoms with E-state index in [2.05, 4.69) is 29.4 Å². The summed E-state index contributed by atoms with van der Waals surface area (Å²) < 4.78 is 0. The maximum Gasteiger partial charge on any atom is 0.256 e. The lowest BCUT2D eigenvalue weighted by molar-refractivity contribution is 0.0946. The van der Waals surface area contributed by atoms with Gasteiger partial charge in [-0.05, 0) is 61.6 Å². The molecule has 2 aliphatic heterocycles. The molecule has 6 heteroatoms. The van der Waals surface area contributed by atoms with E-state index in [0.29, 0.717) is 23.4 Å². The number of rotatable bonds is 5. The molecule has 2 atom stereocenters. The van der Waals surface area contributed by atoms with Gasteiger partial charge in [0, 0.05) is 35.0 Å². The largest absolute Gasteiger partial charge is 0.352 e. The zero-order chi connectivity index (χ0) is 21.1. The first-order chi connectivity index (χ1) is 14.5. The highest BCUT2D eigenvalue weighted by Crippen LogP contribution is 2.38. The summed E-state index contributed by atoms with van der Waals surface area (Å²) in [5.74, 6) is 1.27. The van der Waals surface area contributed by atoms with Gasteiger partial charge in [-0.25, -0.2) is 0 Å². The van der Waals surface area contributed by atoms with E-state index in [0.717, 1.165) is 47.7 Å². The van der Waals surface area contributed by atoms with Crippen LogP contribution in [0, 0.1) is 11.8 Å². The summed E-state index contributed by atoms with van der Waals surface area (Å²) in [4.78, 5) is 29.5. The van der Waals surface area contributed by atoms with E-state index in [4.69, 9.17) is 0 Å². The summed E-state index contributed by atoms with van der Waals surface area (Å²) in [6.07, 6.45) is 2.25. The van der Waals surface area contributed by atoms with Crippen molar-refractivity contribution in [3.8, 4) is 0 Å². The van der Waals surface area contributed by atoms with Gasteiger partial charge in [0.1, 0.15) is 0 Å². The van der Waals surface area contributed by atoms with Crippen molar-refractivity contribution >= 4 is 29.3 Å². The normalized spacial score (nSPS) is 21.2. The second-order valence-electron chi connectivity index (χ2n) is 8.58. The van der Waals surface area contributed by atoms with Gasteiger partial charge in [-0.15, -0.1) is 0 Å². The van der Waals surface area contributed by atoms with Crippen LogP contribution in [0.4, 0.5) is 5.69 Å². The summed E-state index contributed by atoms with van der Waals surface area (Å²) in [6, 6.07) is 13.1. The van der Waals surface area contributed by atoms with E-state index in [-0.39, 0.29) is 11.8 Å². The molecule has 0 aromatic heterocycles. The Bertz CT molecular complexity index is 936. The first kappa shape index (κ1) is 20.9. The molecular formula is C24H29N3O2S. The number of carbonyl (C=O) groups excluding carboxylic acids is 2. The Morgan fingerprint density at radius 2 is 1.90 bits per heavy atom. The van der Waals surface area contributed by atoms with E-state index >= 15 is 0 Å². The van der Waals surface area contributed by atoms with Gasteiger partial charge < -0.3 is 15.5 Å². The van der Waals surface area contributed by atoms with Crippen molar-refractivity contribution in [2.45, 2.75) is 36.5 Å². The summed E-state index contributed by atoms with van der Waals surface area (Å²) in [5.41, 5.74) is 1.91. The number of anilines is 1. The lowest BCUT2D eigenvalue weighted by Crippen LogP contribution is -2.40. The molecule has 1 saturated heterocycles. The summed E-state index contributed by atoms with van der Waals surface area (Å²) in [6.45, 7) is 8.62. The van der Waals surface area contributed by atoms with E-state index in [9.17, 15) is 9.59 Å². The number of piperidine rings is 1. The van der Waals surface area contributed by atoms with Crippen LogP contribution in [0.3, 0.4) is 0 Å². The van der Waals surface area contributed by atoms with Crippen LogP contribution in [0.5, 0.6) is 0 Å². The number of likely N-dealkylation sites (tertiary alicyclic amines) is 1. The molecule has 0 radical (unpaired) electrons. The second kappa shape index (κ2) is 9.23. The zero-order valence-corrected chi connectivity index (χ0v) is 18.4. The molecule has 2 amide bonds. The number of amides is 2. The first-order valence-electron chi connectivity index (χ1n) is 10.7. The molecule has 2 aliphatic rings. The lowest BCUT2D eigenvalue weighted by atomic mass is 9.92. The fourth-order valence-electron chi connectivity index (χ4n) is 4.49. The smallest absolute Gasteiger partial charge is 0.256 e. The Labute approximate surface area is 182 Å². The SMILES string of the molecule is C[C@@H]1C[C@H](C)CN(CCCNC(=O)c2ccc3c(c2)NC(=O)c2ccccc2S3)C1. The minimum Gasteiger partial charge on any atom is -0.352 e. The Hall–Kier alpha value is -2.31. The molecule has 158 valence electrons. The first-order valence-corrected chi connectivity index (χ1v) is 11.5. The van der Waals surface area contributed by atoms with E-state index < -0.39 is 0 Å². The average Bonchev–Trinajstić information content (AvgIpc) is 2.85. The molecule has 0 spiro atoms. The Balaban J connectivity index is 1.33. The number of carbonyl (C=O) groups is 2. The van der Waals surface area contributed by atoms with Gasteiger partial charge in [-0.1, -0.05) is 37.7 Å². The van der Waals surface area contributed by atoms with Gasteiger partial charge >= 0.3 is 0 Å². The van der Waals surface area contributed by atoms with Gasteiger partial charge in [0.25, 0.3) is 11.8 Å². The molecule has 5 nitrogen and oxygen atoms in total. The quantitative estimate of drug-likeness (QED) is 0.695. The molecule has 0 unspecified atom stereocenters. The zero-order valence-electron chi connectivity index (χ0n) is 17.6. The third-order valence-corrected chi connectivity index (χ3v) is 6.87. The van der Waals surface area contributed by atoms with E-state index in [1.807, 2.05) is 36.4 Å². The Morgan fingerprint density at radius 1 is 1.13 bits per heavy atom. The number of nitrogens with zero attached hydrogens (tertiary/aromatic N) is 1. The Kier molecular flexibility index (Phi) is 6.44. The van der Waals surface area contributed by atoms with Gasteiger partial charge in [-0.2, -0.15) is 0 Å². The summed E-state index contributed by atoms with van der Waals surface area (Å²) in [5, 5.41) is 5.97. The van der Waals surface area contributed by atoms with Crippen LogP contribution < -0.4 is 10.6 Å². The van der Waals surface area contributed by atoms with Crippen LogP contribution >= 0.6 is 11.8 Å². The summed E-state index contributed by atoms with van der Waals surface area (Å²) >= 11 is 1.54. The number of nitrogens with one attached hydrogen (secondary N) is 2. The molecule has 2 N–H and O–H groups in total. The van der Waals surface area contributed by atoms with Gasteiger partial charge in [0.2, 0.25) is 0 Å². The number of benzene rings is 2. The highest BCUT2D eigenvalue weighted by atomic mass is 32.2. The summed E-state index contributed by atoms with van der Waals surface area (Å²) in [7, 11) is 0. The minimum absolute atomic E-state index is 0.0980. The van der Waals surface area contributed by atoms with Crippen molar-refractivity contribution in [2.75, 3.05) is 31.5 Å². The monoisotopic (exact) mass is 423 g/mol. The fourth-order valence-corrected chi connectivity index (χ4v) is 5.50. The van der Waals surface area contributed by atoms with Crippen LogP contribution in [0.25, 0.3) is 0 Å². The van der Waals surface area contributed by atoms with Crippen molar-refractivity contribution < 1.29 is 9.59 Å². The predicted octanol–water partition coefficient (Wildman–Crippen LogP) is 4.50. The van der Waals surface area contributed by atoms with Gasteiger partial charge in [0.05, 0.1) is 11.3 Å². The van der Waals surface area contributed by atoms with E-state index in [1.165, 1.54) is 6.42 Å². The van der Waals surface area contributed by atoms with Crippen molar-refractivity contribution in [1.29, 1.82) is 0 Å². The Morgan fingerprint density at radius 3 is 2.70 bits per heavy atom. The molecule has 2 aromatic carbocycles. The molecule has 0 saturated carbocycles. The molecule has 2 aromatic rings. The van der Waals surface area contributed by atoms with Crippen LogP contribution in [0.2, 0.25) is 0 Å². The number of hydrogen-bond acceptors (Lipinski definition) is 4. The van der Waals surface area contributed by atoms with Gasteiger partial charge in [0.15, 0.2) is 0 Å². The van der Waals surface area contributed by atoms with Crippen LogP contribution in [0.15, 0.2) is 52.3 Å². The average molecular weight is 424 g/mol. The molecule has 0 bridgehead atoms. The third kappa shape index (κ3) is 4.87. The molecule has 1 fully saturated rings. The maximum atomic E-state index is 12.6. The predicted molar refractivity (Wildman–Crippen MR) is 121 cm³/mol. The lowest BCUT2D eigenvalue weighted by Gasteiger charge is -2.34. The maximum absolute atomic E-state index is 12.6. The fraction of sp³-hybridized carbons (Fsp3) is 0.417. The van der Waals surface area contributed by atoms with Crippen LogP contribution in [-0.2, 0) is 0 Å². The topological polar surface area (TPSA) is 61.4 Å². The van der Waals surface area contributed by atoms with Crippen molar-refractivity contribution in [2.24, 2.45) is 11.8 Å². The molecule has 30 heavy (non-hydrogen) atoms. The van der Waals surface area contributed by atoms with Gasteiger partial charge in [-0.3, -0.25) is 9.59 Å². The standard InChI is InChI=1S/C24H29N3O2S/c1-16-12-17(2)15-27(14-16)11-5-10-25-23(28)18-8-9-22-20(13-18)26-24(29)19-6-3-4-7-21(19)30-22/h3-4,6-9,13,16-17H,5,10-12,14-15H2,1-2H3,(H,25,28)(H,26,29)/t16-,17+. The second-order valence-corrected chi connectivity index (χ2v) is 9.66. The molecule has 0 aliphatic carbocycles. The van der Waals surface area contributed by atoms with E-state index in [1.54, 1.807) is 17.8 Å². The number of hydrogen-bond donors (Lipinski definition) is 2. The van der Waals surface area contributed by atoms with Crippen LogP contribution in [-0.4, -0.2) is 42.9 Å². The third-order valence-electron chi connectivity index (χ3n) is 5.72. The number of fused-ring (bicyclic) bond motifs is 2. The molecular weight excluding hydrogens is 394 g/mol. The van der Waals surface area contributed by atoms with Crippen molar-refractivity contribution in [3.05, 3.63) is 53.6 Å². The molecule has 4 rings (SSSR count). The van der Waals surface area contributed by atoms with Crippen molar-refractivity contribution in [3.63, 3.8) is 0 Å².